The zero-order chi connectivity index (χ0) is 25.1. The second-order valence-electron chi connectivity index (χ2n) is 9.72. The van der Waals surface area contributed by atoms with Crippen molar-refractivity contribution >= 4 is 16.8 Å². The van der Waals surface area contributed by atoms with Crippen LogP contribution in [0.5, 0.6) is 17.2 Å². The number of nitrogens with zero attached hydrogens (tertiary/aromatic N) is 1. The first-order chi connectivity index (χ1) is 17.5. The van der Waals surface area contributed by atoms with Gasteiger partial charge >= 0.3 is 0 Å². The van der Waals surface area contributed by atoms with Crippen molar-refractivity contribution in [1.29, 1.82) is 0 Å². The van der Waals surface area contributed by atoms with Crippen molar-refractivity contribution in [2.75, 3.05) is 32.0 Å². The Morgan fingerprint density at radius 3 is 2.56 bits per heavy atom. The van der Waals surface area contributed by atoms with Crippen molar-refractivity contribution in [1.82, 2.24) is 4.90 Å². The second-order valence-corrected chi connectivity index (χ2v) is 9.72. The lowest BCUT2D eigenvalue weighted by molar-refractivity contribution is 0.198. The molecule has 6 heteroatoms. The topological polar surface area (TPSA) is 79.0 Å². The number of fused-ring (bicyclic) bond motifs is 1. The lowest BCUT2D eigenvalue weighted by Gasteiger charge is -2.19. The summed E-state index contributed by atoms with van der Waals surface area (Å²) in [6.07, 6.45) is 4.24. The summed E-state index contributed by atoms with van der Waals surface area (Å²) < 4.78 is 18.7. The molecule has 36 heavy (non-hydrogen) atoms. The van der Waals surface area contributed by atoms with E-state index in [1.807, 2.05) is 24.3 Å². The maximum absolute atomic E-state index is 12.5. The number of nitrogens with two attached hydrogens (primary N) is 1. The van der Waals surface area contributed by atoms with E-state index in [4.69, 9.17) is 10.5 Å². The minimum Gasteiger partial charge on any atom is -0.508 e. The number of hydrogen-bond acceptors (Lipinski definition) is 5. The van der Waals surface area contributed by atoms with E-state index in [-0.39, 0.29) is 24.3 Å². The van der Waals surface area contributed by atoms with Gasteiger partial charge in [-0.15, -0.1) is 0 Å². The Kier molecular flexibility index (Phi) is 7.14. The van der Waals surface area contributed by atoms with Gasteiger partial charge in [-0.25, -0.2) is 0 Å². The third kappa shape index (κ3) is 5.19. The summed E-state index contributed by atoms with van der Waals surface area (Å²) in [4.78, 5) is 2.26. The van der Waals surface area contributed by atoms with E-state index in [0.29, 0.717) is 6.42 Å². The first kappa shape index (κ1) is 24.2. The highest BCUT2D eigenvalue weighted by atomic mass is 19.1. The van der Waals surface area contributed by atoms with Crippen molar-refractivity contribution in [3.63, 3.8) is 0 Å². The average Bonchev–Trinajstić information content (AvgIpc) is 3.22. The number of nitrogen functional groups attached to an aromatic ring is 1. The number of allylic oxidation sites excluding steroid dienone is 1. The molecule has 1 heterocycles. The highest BCUT2D eigenvalue weighted by Gasteiger charge is 2.25. The van der Waals surface area contributed by atoms with E-state index in [1.165, 1.54) is 11.6 Å². The van der Waals surface area contributed by atoms with Gasteiger partial charge in [0.05, 0.1) is 6.67 Å². The Balaban J connectivity index is 1.49. The molecule has 0 aromatic heterocycles. The molecular weight excluding hydrogens is 455 g/mol. The van der Waals surface area contributed by atoms with E-state index in [2.05, 4.69) is 23.1 Å². The Labute approximate surface area is 211 Å². The largest absolute Gasteiger partial charge is 0.508 e. The molecular formula is C30H33FN2O3. The molecule has 3 aromatic rings. The maximum atomic E-state index is 12.5. The fourth-order valence-electron chi connectivity index (χ4n) is 5.45. The van der Waals surface area contributed by atoms with Gasteiger partial charge in [0.1, 0.15) is 23.4 Å². The molecule has 1 fully saturated rings. The number of rotatable bonds is 7. The molecule has 0 bridgehead atoms. The summed E-state index contributed by atoms with van der Waals surface area (Å²) in [6.45, 7) is 2.26. The van der Waals surface area contributed by atoms with Gasteiger partial charge < -0.3 is 20.7 Å². The molecule has 0 radical (unpaired) electrons. The van der Waals surface area contributed by atoms with Crippen molar-refractivity contribution in [3.8, 4) is 17.2 Å². The highest BCUT2D eigenvalue weighted by Crippen LogP contribution is 2.43. The predicted octanol–water partition coefficient (Wildman–Crippen LogP) is 5.79. The smallest absolute Gasteiger partial charge is 0.126 e. The molecule has 1 unspecified atom stereocenters. The molecule has 0 amide bonds. The molecule has 5 nitrogen and oxygen atoms in total. The normalized spacial score (nSPS) is 18.2. The number of anilines is 1. The Morgan fingerprint density at radius 1 is 0.972 bits per heavy atom. The van der Waals surface area contributed by atoms with Crippen LogP contribution >= 0.6 is 0 Å². The summed E-state index contributed by atoms with van der Waals surface area (Å²) in [5.74, 6) is 0.925. The van der Waals surface area contributed by atoms with Crippen LogP contribution in [0.15, 0.2) is 60.7 Å². The maximum Gasteiger partial charge on any atom is 0.126 e. The standard InChI is InChI=1S/C30H33FN2O3/c31-14-2-15-33-16-13-25(19-33)36-24-9-5-20(6-10-24)30-26-11-7-22(32)17-21(26)3-1-4-28(30)27-12-8-23(34)18-29(27)35/h5-12,17-18,25,34-35H,1-4,13-16,19,32H2. The van der Waals surface area contributed by atoms with Crippen LogP contribution in [0.2, 0.25) is 0 Å². The molecule has 3 aromatic carbocycles. The summed E-state index contributed by atoms with van der Waals surface area (Å²) in [5, 5.41) is 20.6. The first-order valence-corrected chi connectivity index (χ1v) is 12.7. The monoisotopic (exact) mass is 488 g/mol. The van der Waals surface area contributed by atoms with Gasteiger partial charge in [0, 0.05) is 37.0 Å². The van der Waals surface area contributed by atoms with Gasteiger partial charge in [0.25, 0.3) is 0 Å². The molecule has 1 saturated heterocycles. The van der Waals surface area contributed by atoms with E-state index in [1.54, 1.807) is 12.1 Å². The van der Waals surface area contributed by atoms with E-state index in [0.717, 1.165) is 84.6 Å². The molecule has 1 atom stereocenters. The number of benzene rings is 3. The van der Waals surface area contributed by atoms with Crippen molar-refractivity contribution in [2.24, 2.45) is 0 Å². The predicted molar refractivity (Wildman–Crippen MR) is 142 cm³/mol. The van der Waals surface area contributed by atoms with Crippen molar-refractivity contribution in [3.05, 3.63) is 82.9 Å². The number of phenols is 2. The summed E-state index contributed by atoms with van der Waals surface area (Å²) >= 11 is 0. The van der Waals surface area contributed by atoms with Crippen LogP contribution in [0.25, 0.3) is 11.1 Å². The second kappa shape index (κ2) is 10.6. The van der Waals surface area contributed by atoms with Gasteiger partial charge in [-0.1, -0.05) is 18.2 Å². The molecule has 4 N–H and O–H groups in total. The Morgan fingerprint density at radius 2 is 1.78 bits per heavy atom. The average molecular weight is 489 g/mol. The van der Waals surface area contributed by atoms with Crippen LogP contribution in [0.4, 0.5) is 10.1 Å². The molecule has 2 aliphatic rings. The molecule has 0 spiro atoms. The van der Waals surface area contributed by atoms with Gasteiger partial charge in [-0.05, 0) is 96.3 Å². The van der Waals surface area contributed by atoms with Crippen molar-refractivity contribution in [2.45, 2.75) is 38.2 Å². The van der Waals surface area contributed by atoms with Gasteiger partial charge in [0.15, 0.2) is 0 Å². The van der Waals surface area contributed by atoms with Gasteiger partial charge in [0.2, 0.25) is 0 Å². The Bertz CT molecular complexity index is 1260. The number of likely N-dealkylation sites (tertiary alicyclic amines) is 1. The first-order valence-electron chi connectivity index (χ1n) is 12.7. The zero-order valence-corrected chi connectivity index (χ0v) is 20.4. The summed E-state index contributed by atoms with van der Waals surface area (Å²) in [5.41, 5.74) is 13.0. The van der Waals surface area contributed by atoms with E-state index >= 15 is 0 Å². The Hall–Kier alpha value is -3.51. The lowest BCUT2D eigenvalue weighted by atomic mass is 9.87. The number of phenolic OH excluding ortho intramolecular Hbond substituents is 2. The van der Waals surface area contributed by atoms with Crippen LogP contribution in [-0.2, 0) is 6.42 Å². The van der Waals surface area contributed by atoms with Crippen LogP contribution in [0, 0.1) is 0 Å². The number of hydrogen-bond donors (Lipinski definition) is 3. The zero-order valence-electron chi connectivity index (χ0n) is 20.4. The third-order valence-electron chi connectivity index (χ3n) is 7.16. The fraction of sp³-hybridized carbons (Fsp3) is 0.333. The quantitative estimate of drug-likeness (QED) is 0.367. The van der Waals surface area contributed by atoms with Crippen LogP contribution in [-0.4, -0.2) is 47.5 Å². The third-order valence-corrected chi connectivity index (χ3v) is 7.16. The fourth-order valence-corrected chi connectivity index (χ4v) is 5.45. The van der Waals surface area contributed by atoms with Crippen LogP contribution < -0.4 is 10.5 Å². The number of aryl methyl sites for hydroxylation is 1. The minimum atomic E-state index is -0.279. The van der Waals surface area contributed by atoms with E-state index in [9.17, 15) is 14.6 Å². The van der Waals surface area contributed by atoms with E-state index < -0.39 is 0 Å². The van der Waals surface area contributed by atoms with Crippen molar-refractivity contribution < 1.29 is 19.3 Å². The highest BCUT2D eigenvalue weighted by molar-refractivity contribution is 6.01. The van der Waals surface area contributed by atoms with Gasteiger partial charge in [-0.3, -0.25) is 9.29 Å². The molecule has 188 valence electrons. The number of aromatic hydroxyl groups is 2. The molecule has 1 aliphatic heterocycles. The molecule has 0 saturated carbocycles. The molecule has 1 aliphatic carbocycles. The number of halogens is 1. The summed E-state index contributed by atoms with van der Waals surface area (Å²) in [6, 6.07) is 19.0. The molecule has 5 rings (SSSR count). The number of ether oxygens (including phenoxy) is 1. The van der Waals surface area contributed by atoms with Gasteiger partial charge in [-0.2, -0.15) is 0 Å². The van der Waals surface area contributed by atoms with Crippen LogP contribution in [0.3, 0.4) is 0 Å². The lowest BCUT2D eigenvalue weighted by Crippen LogP contribution is -2.26. The SMILES string of the molecule is Nc1ccc2c(c1)CCCC(c1ccc(O)cc1O)=C2c1ccc(OC2CCN(CCCF)C2)cc1. The summed E-state index contributed by atoms with van der Waals surface area (Å²) in [7, 11) is 0. The minimum absolute atomic E-state index is 0.0388. The van der Waals surface area contributed by atoms with Crippen LogP contribution in [0.1, 0.15) is 47.9 Å². The number of alkyl halides is 1.